The molecule has 1 aliphatic heterocycles. The predicted octanol–water partition coefficient (Wildman–Crippen LogP) is 9.54. The molecule has 0 amide bonds. The van der Waals surface area contributed by atoms with E-state index in [9.17, 15) is 0 Å². The molecule has 2 heteroatoms. The van der Waals surface area contributed by atoms with Crippen molar-refractivity contribution < 1.29 is 4.74 Å². The standard InChI is InChI=1S/C36H39NO/c1-25-6-3-2-4-21-38-36-34(25)7-5-8-35(36)33-20-19-31-22-30(17-18-32(31)23-33)29-15-13-28(14-16-29)27-11-9-26(24-37)10-12-27/h7,9,11,13,15,19-20,22-24,37H,1-6,8,10,12,14,16-18,21H2. The Bertz CT molecular complexity index is 1380. The monoisotopic (exact) mass is 501 g/mol. The summed E-state index contributed by atoms with van der Waals surface area (Å²) in [7, 11) is 0. The van der Waals surface area contributed by atoms with Crippen molar-refractivity contribution in [1.82, 2.24) is 0 Å². The highest BCUT2D eigenvalue weighted by Crippen LogP contribution is 2.40. The lowest BCUT2D eigenvalue weighted by Gasteiger charge is -2.25. The van der Waals surface area contributed by atoms with Gasteiger partial charge >= 0.3 is 0 Å². The molecule has 1 N–H and O–H groups in total. The first-order chi connectivity index (χ1) is 18.7. The number of benzene rings is 1. The lowest BCUT2D eigenvalue weighted by molar-refractivity contribution is 0.216. The minimum Gasteiger partial charge on any atom is -0.493 e. The van der Waals surface area contributed by atoms with E-state index in [0.717, 1.165) is 82.1 Å². The van der Waals surface area contributed by atoms with Gasteiger partial charge < -0.3 is 10.1 Å². The minimum absolute atomic E-state index is 0.810. The molecule has 0 atom stereocenters. The fraction of sp³-hybridized carbons (Fsp3) is 0.361. The lowest BCUT2D eigenvalue weighted by atomic mass is 9.81. The van der Waals surface area contributed by atoms with Gasteiger partial charge in [0, 0.05) is 17.4 Å². The van der Waals surface area contributed by atoms with Crippen molar-refractivity contribution in [3.05, 3.63) is 117 Å². The van der Waals surface area contributed by atoms with Crippen LogP contribution in [0.4, 0.5) is 0 Å². The van der Waals surface area contributed by atoms with Gasteiger partial charge in [-0.15, -0.1) is 0 Å². The van der Waals surface area contributed by atoms with Crippen LogP contribution in [0.2, 0.25) is 0 Å². The summed E-state index contributed by atoms with van der Waals surface area (Å²) >= 11 is 0. The van der Waals surface area contributed by atoms with E-state index in [-0.39, 0.29) is 0 Å². The van der Waals surface area contributed by atoms with E-state index in [1.54, 1.807) is 0 Å². The van der Waals surface area contributed by atoms with Gasteiger partial charge in [-0.2, -0.15) is 0 Å². The highest BCUT2D eigenvalue weighted by molar-refractivity contribution is 5.78. The summed E-state index contributed by atoms with van der Waals surface area (Å²) in [5.74, 6) is 1.10. The van der Waals surface area contributed by atoms with Crippen LogP contribution < -0.4 is 0 Å². The van der Waals surface area contributed by atoms with Gasteiger partial charge in [0.05, 0.1) is 6.61 Å². The number of nitrogens with one attached hydrogen (secondary N) is 1. The van der Waals surface area contributed by atoms with Crippen LogP contribution in [0.5, 0.6) is 0 Å². The van der Waals surface area contributed by atoms with Crippen molar-refractivity contribution in [3.8, 4) is 0 Å². The van der Waals surface area contributed by atoms with Crippen molar-refractivity contribution in [2.75, 3.05) is 6.61 Å². The van der Waals surface area contributed by atoms with Crippen molar-refractivity contribution in [2.45, 2.75) is 77.0 Å². The maximum absolute atomic E-state index is 7.46. The van der Waals surface area contributed by atoms with Crippen LogP contribution in [-0.4, -0.2) is 12.8 Å². The first kappa shape index (κ1) is 24.9. The predicted molar refractivity (Wildman–Crippen MR) is 160 cm³/mol. The zero-order valence-electron chi connectivity index (χ0n) is 22.6. The second kappa shape index (κ2) is 11.2. The molecule has 0 spiro atoms. The Kier molecular flexibility index (Phi) is 7.31. The zero-order chi connectivity index (χ0) is 25.9. The van der Waals surface area contributed by atoms with Crippen LogP contribution in [0, 0.1) is 5.41 Å². The molecule has 0 radical (unpaired) electrons. The molecule has 38 heavy (non-hydrogen) atoms. The number of allylic oxidation sites excluding steroid dienone is 12. The van der Waals surface area contributed by atoms with Gasteiger partial charge in [0.1, 0.15) is 5.76 Å². The number of hydrogen-bond donors (Lipinski definition) is 1. The Morgan fingerprint density at radius 3 is 2.29 bits per heavy atom. The smallest absolute Gasteiger partial charge is 0.130 e. The normalized spacial score (nSPS) is 22.1. The minimum atomic E-state index is 0.810. The highest BCUT2D eigenvalue weighted by atomic mass is 16.5. The van der Waals surface area contributed by atoms with Gasteiger partial charge in [-0.05, 0) is 127 Å². The summed E-state index contributed by atoms with van der Waals surface area (Å²) in [6.45, 7) is 5.23. The Morgan fingerprint density at radius 2 is 1.53 bits per heavy atom. The van der Waals surface area contributed by atoms with Gasteiger partial charge in [0.2, 0.25) is 0 Å². The third-order valence-electron chi connectivity index (χ3n) is 8.84. The summed E-state index contributed by atoms with van der Waals surface area (Å²) in [5, 5.41) is 7.46. The van der Waals surface area contributed by atoms with Crippen LogP contribution in [0.15, 0.2) is 99.9 Å². The number of ether oxygens (including phenoxy) is 1. The molecule has 1 fully saturated rings. The molecule has 5 aliphatic rings. The Labute approximate surface area is 228 Å². The second-order valence-electron chi connectivity index (χ2n) is 11.3. The van der Waals surface area contributed by atoms with E-state index in [1.165, 1.54) is 74.8 Å². The number of aryl methyl sites for hydroxylation is 1. The Hall–Kier alpha value is -3.39. The zero-order valence-corrected chi connectivity index (χ0v) is 22.6. The maximum Gasteiger partial charge on any atom is 0.130 e. The summed E-state index contributed by atoms with van der Waals surface area (Å²) < 4.78 is 6.42. The number of hydrogen-bond acceptors (Lipinski definition) is 2. The van der Waals surface area contributed by atoms with E-state index >= 15 is 0 Å². The first-order valence-electron chi connectivity index (χ1n) is 14.6. The molecule has 2 nitrogen and oxygen atoms in total. The lowest BCUT2D eigenvalue weighted by Crippen LogP contribution is -2.08. The van der Waals surface area contributed by atoms with Gasteiger partial charge in [-0.1, -0.05) is 61.2 Å². The summed E-state index contributed by atoms with van der Waals surface area (Å²) in [4.78, 5) is 0. The van der Waals surface area contributed by atoms with Crippen LogP contribution in [0.1, 0.15) is 87.3 Å². The van der Waals surface area contributed by atoms with Crippen LogP contribution >= 0.6 is 0 Å². The SMILES string of the molecule is C=C1CCCCCOC2=C(c3ccc4c(c3)CCC(C3=CC=C(C5=CC=C(C=N)CC5)CC3)=C4)CCC=C12. The number of rotatable bonds is 4. The molecular weight excluding hydrogens is 462 g/mol. The molecule has 0 aromatic heterocycles. The third kappa shape index (κ3) is 5.14. The summed E-state index contributed by atoms with van der Waals surface area (Å²) in [5.41, 5.74) is 15.1. The van der Waals surface area contributed by atoms with Crippen molar-refractivity contribution in [3.63, 3.8) is 0 Å². The topological polar surface area (TPSA) is 33.1 Å². The largest absolute Gasteiger partial charge is 0.493 e. The fourth-order valence-corrected chi connectivity index (χ4v) is 6.55. The van der Waals surface area contributed by atoms with Gasteiger partial charge in [-0.3, -0.25) is 0 Å². The molecule has 4 aliphatic carbocycles. The molecule has 6 rings (SSSR count). The van der Waals surface area contributed by atoms with E-state index in [0.29, 0.717) is 0 Å². The first-order valence-corrected chi connectivity index (χ1v) is 14.6. The Morgan fingerprint density at radius 1 is 0.763 bits per heavy atom. The maximum atomic E-state index is 7.46. The highest BCUT2D eigenvalue weighted by Gasteiger charge is 2.23. The molecule has 1 heterocycles. The van der Waals surface area contributed by atoms with E-state index in [4.69, 9.17) is 10.1 Å². The van der Waals surface area contributed by atoms with Gasteiger partial charge in [0.15, 0.2) is 0 Å². The van der Waals surface area contributed by atoms with Crippen molar-refractivity contribution in [2.24, 2.45) is 0 Å². The summed E-state index contributed by atoms with van der Waals surface area (Å²) in [6.07, 6.45) is 28.6. The Balaban J connectivity index is 1.24. The van der Waals surface area contributed by atoms with E-state index < -0.39 is 0 Å². The van der Waals surface area contributed by atoms with Crippen LogP contribution in [0.3, 0.4) is 0 Å². The van der Waals surface area contributed by atoms with Gasteiger partial charge in [0.25, 0.3) is 0 Å². The second-order valence-corrected chi connectivity index (χ2v) is 11.3. The molecule has 1 aromatic carbocycles. The molecular formula is C36H39NO. The van der Waals surface area contributed by atoms with E-state index in [2.05, 4.69) is 61.2 Å². The number of fused-ring (bicyclic) bond motifs is 2. The van der Waals surface area contributed by atoms with Crippen LogP contribution in [0.25, 0.3) is 11.6 Å². The average molecular weight is 502 g/mol. The summed E-state index contributed by atoms with van der Waals surface area (Å²) in [6, 6.07) is 7.09. The quantitative estimate of drug-likeness (QED) is 0.409. The molecule has 0 saturated carbocycles. The van der Waals surface area contributed by atoms with Crippen LogP contribution in [-0.2, 0) is 11.2 Å². The molecule has 1 saturated heterocycles. The molecule has 1 aromatic rings. The molecule has 0 unspecified atom stereocenters. The third-order valence-corrected chi connectivity index (χ3v) is 8.84. The molecule has 194 valence electrons. The van der Waals surface area contributed by atoms with E-state index in [1.807, 2.05) is 0 Å². The van der Waals surface area contributed by atoms with Crippen molar-refractivity contribution >= 4 is 17.9 Å². The fourth-order valence-electron chi connectivity index (χ4n) is 6.55. The molecule has 0 bridgehead atoms. The average Bonchev–Trinajstić information content (AvgIpc) is 3.07. The van der Waals surface area contributed by atoms with Crippen molar-refractivity contribution in [1.29, 1.82) is 5.41 Å². The van der Waals surface area contributed by atoms with Gasteiger partial charge in [-0.25, -0.2) is 0 Å².